The summed E-state index contributed by atoms with van der Waals surface area (Å²) in [6.45, 7) is 1.58. The van der Waals surface area contributed by atoms with Gasteiger partial charge in [-0.15, -0.1) is 0 Å². The van der Waals surface area contributed by atoms with Gasteiger partial charge in [0.05, 0.1) is 0 Å². The van der Waals surface area contributed by atoms with Gasteiger partial charge in [0.1, 0.15) is 0 Å². The summed E-state index contributed by atoms with van der Waals surface area (Å²) in [6, 6.07) is 13.8. The standard InChI is InChI=1S/C20H20ClNO4/c1-14-5-2-3-6-17(14)22-19(24)7-4-8-20(25)26-13-18(23)15-9-11-16(21)12-10-15/h2-3,5-6,9-12H,4,7-8,13H2,1H3,(H,22,24). The van der Waals surface area contributed by atoms with Gasteiger partial charge in [-0.3, -0.25) is 14.4 Å². The van der Waals surface area contributed by atoms with Crippen molar-refractivity contribution in [3.8, 4) is 0 Å². The van der Waals surface area contributed by atoms with Gasteiger partial charge in [0.2, 0.25) is 5.91 Å². The lowest BCUT2D eigenvalue weighted by Gasteiger charge is -2.08. The van der Waals surface area contributed by atoms with E-state index in [9.17, 15) is 14.4 Å². The van der Waals surface area contributed by atoms with Gasteiger partial charge in [-0.25, -0.2) is 0 Å². The summed E-state index contributed by atoms with van der Waals surface area (Å²) in [5, 5.41) is 3.33. The van der Waals surface area contributed by atoms with Crippen LogP contribution in [0.1, 0.15) is 35.2 Å². The van der Waals surface area contributed by atoms with Crippen LogP contribution in [0.2, 0.25) is 5.02 Å². The Balaban J connectivity index is 1.67. The number of rotatable bonds is 8. The molecule has 0 aliphatic carbocycles. The predicted octanol–water partition coefficient (Wildman–Crippen LogP) is 4.18. The van der Waals surface area contributed by atoms with Crippen molar-refractivity contribution in [3.63, 3.8) is 0 Å². The Hall–Kier alpha value is -2.66. The molecule has 0 atom stereocenters. The van der Waals surface area contributed by atoms with Gasteiger partial charge in [0.25, 0.3) is 0 Å². The third-order valence-corrected chi connectivity index (χ3v) is 3.99. The number of carbonyl (C=O) groups excluding carboxylic acids is 3. The van der Waals surface area contributed by atoms with Gasteiger partial charge in [-0.1, -0.05) is 29.8 Å². The summed E-state index contributed by atoms with van der Waals surface area (Å²) in [5.41, 5.74) is 2.16. The van der Waals surface area contributed by atoms with Crippen LogP contribution in [0, 0.1) is 6.92 Å². The second-order valence-corrected chi connectivity index (χ2v) is 6.24. The average molecular weight is 374 g/mol. The molecule has 0 spiro atoms. The Morgan fingerprint density at radius 3 is 2.38 bits per heavy atom. The highest BCUT2D eigenvalue weighted by molar-refractivity contribution is 6.30. The molecule has 0 radical (unpaired) electrons. The molecule has 2 aromatic rings. The van der Waals surface area contributed by atoms with Crippen molar-refractivity contribution in [2.75, 3.05) is 11.9 Å². The highest BCUT2D eigenvalue weighted by Gasteiger charge is 2.11. The molecule has 26 heavy (non-hydrogen) atoms. The number of anilines is 1. The number of Topliss-reactive ketones (excluding diaryl/α,β-unsaturated/α-hetero) is 1. The monoisotopic (exact) mass is 373 g/mol. The van der Waals surface area contributed by atoms with Crippen LogP contribution < -0.4 is 5.32 Å². The first-order valence-corrected chi connectivity index (χ1v) is 8.63. The molecule has 0 aromatic heterocycles. The summed E-state index contributed by atoms with van der Waals surface area (Å²) in [6.07, 6.45) is 0.634. The minimum atomic E-state index is -0.504. The molecule has 0 aliphatic rings. The van der Waals surface area contributed by atoms with E-state index >= 15 is 0 Å². The SMILES string of the molecule is Cc1ccccc1NC(=O)CCCC(=O)OCC(=O)c1ccc(Cl)cc1. The maximum atomic E-state index is 11.9. The summed E-state index contributed by atoms with van der Waals surface area (Å²) >= 11 is 5.76. The van der Waals surface area contributed by atoms with Crippen LogP contribution in [0.25, 0.3) is 0 Å². The van der Waals surface area contributed by atoms with Gasteiger partial charge < -0.3 is 10.1 Å². The number of aryl methyl sites for hydroxylation is 1. The normalized spacial score (nSPS) is 10.2. The third kappa shape index (κ3) is 6.33. The van der Waals surface area contributed by atoms with Crippen molar-refractivity contribution >= 4 is 34.9 Å². The van der Waals surface area contributed by atoms with Crippen molar-refractivity contribution in [1.82, 2.24) is 0 Å². The van der Waals surface area contributed by atoms with E-state index in [1.807, 2.05) is 31.2 Å². The van der Waals surface area contributed by atoms with E-state index in [0.717, 1.165) is 11.3 Å². The molecule has 1 amide bonds. The molecule has 0 saturated heterocycles. The zero-order valence-electron chi connectivity index (χ0n) is 14.5. The van der Waals surface area contributed by atoms with Gasteiger partial charge in [-0.2, -0.15) is 0 Å². The smallest absolute Gasteiger partial charge is 0.306 e. The third-order valence-electron chi connectivity index (χ3n) is 3.73. The lowest BCUT2D eigenvalue weighted by molar-refractivity contribution is -0.142. The van der Waals surface area contributed by atoms with Crippen LogP contribution in [0.4, 0.5) is 5.69 Å². The number of hydrogen-bond acceptors (Lipinski definition) is 4. The maximum absolute atomic E-state index is 11.9. The van der Waals surface area contributed by atoms with Crippen molar-refractivity contribution in [3.05, 3.63) is 64.7 Å². The molecule has 0 bridgehead atoms. The number of amides is 1. The minimum Gasteiger partial charge on any atom is -0.457 e. The number of benzene rings is 2. The number of esters is 1. The van der Waals surface area contributed by atoms with Gasteiger partial charge in [0.15, 0.2) is 12.4 Å². The van der Waals surface area contributed by atoms with E-state index in [4.69, 9.17) is 16.3 Å². The van der Waals surface area contributed by atoms with Gasteiger partial charge >= 0.3 is 5.97 Å². The fraction of sp³-hybridized carbons (Fsp3) is 0.250. The molecule has 2 aromatic carbocycles. The quantitative estimate of drug-likeness (QED) is 0.556. The topological polar surface area (TPSA) is 72.5 Å². The summed E-state index contributed by atoms with van der Waals surface area (Å²) in [7, 11) is 0. The molecule has 2 rings (SSSR count). The molecule has 0 unspecified atom stereocenters. The number of ketones is 1. The van der Waals surface area contributed by atoms with Crippen LogP contribution in [-0.4, -0.2) is 24.3 Å². The molecule has 0 heterocycles. The summed E-state index contributed by atoms with van der Waals surface area (Å²) < 4.78 is 4.95. The van der Waals surface area contributed by atoms with Gasteiger partial charge in [0, 0.05) is 29.1 Å². The highest BCUT2D eigenvalue weighted by atomic mass is 35.5. The molecule has 1 N–H and O–H groups in total. The molecule has 136 valence electrons. The van der Waals surface area contributed by atoms with E-state index in [1.54, 1.807) is 24.3 Å². The van der Waals surface area contributed by atoms with Crippen molar-refractivity contribution in [1.29, 1.82) is 0 Å². The predicted molar refractivity (Wildman–Crippen MR) is 100 cm³/mol. The molecule has 0 saturated carbocycles. The molecule has 0 aliphatic heterocycles. The zero-order chi connectivity index (χ0) is 18.9. The Bertz CT molecular complexity index is 787. The maximum Gasteiger partial charge on any atom is 0.306 e. The second kappa shape index (κ2) is 9.73. The fourth-order valence-electron chi connectivity index (χ4n) is 2.26. The van der Waals surface area contributed by atoms with Crippen LogP contribution in [0.3, 0.4) is 0 Å². The first-order chi connectivity index (χ1) is 12.5. The van der Waals surface area contributed by atoms with Crippen LogP contribution >= 0.6 is 11.6 Å². The van der Waals surface area contributed by atoms with Crippen LogP contribution in [0.15, 0.2) is 48.5 Å². The minimum absolute atomic E-state index is 0.0785. The Morgan fingerprint density at radius 2 is 1.69 bits per heavy atom. The van der Waals surface area contributed by atoms with Crippen LogP contribution in [0.5, 0.6) is 0 Å². The molecule has 6 heteroatoms. The Labute approximate surface area is 157 Å². The van der Waals surface area contributed by atoms with Crippen molar-refractivity contribution in [2.24, 2.45) is 0 Å². The number of hydrogen-bond donors (Lipinski definition) is 1. The van der Waals surface area contributed by atoms with E-state index in [-0.39, 0.29) is 31.1 Å². The number of ether oxygens (including phenoxy) is 1. The molecule has 0 fully saturated rings. The fourth-order valence-corrected chi connectivity index (χ4v) is 2.38. The number of carbonyl (C=O) groups is 3. The number of para-hydroxylation sites is 1. The van der Waals surface area contributed by atoms with Gasteiger partial charge in [-0.05, 0) is 49.2 Å². The zero-order valence-corrected chi connectivity index (χ0v) is 15.2. The molecular weight excluding hydrogens is 354 g/mol. The van der Waals surface area contributed by atoms with E-state index in [2.05, 4.69) is 5.32 Å². The van der Waals surface area contributed by atoms with Crippen LogP contribution in [-0.2, 0) is 14.3 Å². The first-order valence-electron chi connectivity index (χ1n) is 8.25. The Kier molecular flexibility index (Phi) is 7.36. The Morgan fingerprint density at radius 1 is 1.00 bits per heavy atom. The summed E-state index contributed by atoms with van der Waals surface area (Å²) in [5.74, 6) is -0.965. The van der Waals surface area contributed by atoms with Crippen molar-refractivity contribution in [2.45, 2.75) is 26.2 Å². The highest BCUT2D eigenvalue weighted by Crippen LogP contribution is 2.14. The lowest BCUT2D eigenvalue weighted by Crippen LogP contribution is -2.15. The molecular formula is C20H20ClNO4. The largest absolute Gasteiger partial charge is 0.457 e. The summed E-state index contributed by atoms with van der Waals surface area (Å²) in [4.78, 5) is 35.5. The van der Waals surface area contributed by atoms with E-state index in [0.29, 0.717) is 17.0 Å². The number of halogens is 1. The molecule has 5 nitrogen and oxygen atoms in total. The van der Waals surface area contributed by atoms with E-state index < -0.39 is 5.97 Å². The average Bonchev–Trinajstić information content (AvgIpc) is 2.62. The first kappa shape index (κ1) is 19.7. The second-order valence-electron chi connectivity index (χ2n) is 5.81. The van der Waals surface area contributed by atoms with Crippen molar-refractivity contribution < 1.29 is 19.1 Å². The lowest BCUT2D eigenvalue weighted by atomic mass is 10.1. The van der Waals surface area contributed by atoms with E-state index in [1.165, 1.54) is 0 Å². The number of nitrogens with one attached hydrogen (secondary N) is 1.